The monoisotopic (exact) mass is 908 g/mol. The van der Waals surface area contributed by atoms with Crippen LogP contribution < -0.4 is 36.0 Å². The molecule has 18 nitrogen and oxygen atoms in total. The highest BCUT2D eigenvalue weighted by atomic mass is 35.5. The number of hydrogen-bond acceptors (Lipinski definition) is 14. The lowest BCUT2D eigenvalue weighted by Gasteiger charge is -2.47. The lowest BCUT2D eigenvalue weighted by Crippen LogP contribution is -2.56. The van der Waals surface area contributed by atoms with Gasteiger partial charge in [-0.1, -0.05) is 11.6 Å². The summed E-state index contributed by atoms with van der Waals surface area (Å²) in [4.78, 5) is 93.5. The number of nitrogens with one attached hydrogen (secondary N) is 3. The average molecular weight is 909 g/mol. The minimum Gasteiger partial charge on any atom is -0.478 e. The standard InChI is InChI=1S/C46H53ClN10O8/c1-25(2)56-35-6-5-28(18-27(35)19-37(44(56)62)64-24-39(59)48-4)50-41-34(47)23-49-46(52-41)55-11-9-31(10-12-55)65-32-20-30(21-32)54-15-13-53(14-16-54)29-17-26(3)40-33(22-29)43(61)57(45(40)63)36-7-8-38(58)51-42(36)60/h5-6,17-19,22-23,25,30-32,36H,7-16,20-21,24H2,1-4H3,(H,48,59)(H,49,50,52)(H,51,58,60)/t30-,32-,36?. The van der Waals surface area contributed by atoms with E-state index in [1.807, 2.05) is 45.0 Å². The molecule has 0 bridgehead atoms. The van der Waals surface area contributed by atoms with E-state index in [-0.39, 0.29) is 54.9 Å². The largest absolute Gasteiger partial charge is 0.478 e. The molecule has 3 N–H and O–H groups in total. The molecule has 5 aliphatic rings. The first kappa shape index (κ1) is 44.1. The van der Waals surface area contributed by atoms with E-state index in [2.05, 4.69) is 35.6 Å². The topological polar surface area (TPSA) is 201 Å². The first-order chi connectivity index (χ1) is 31.3. The van der Waals surface area contributed by atoms with Gasteiger partial charge in [-0.15, -0.1) is 0 Å². The van der Waals surface area contributed by atoms with E-state index in [4.69, 9.17) is 26.1 Å². The Balaban J connectivity index is 0.751. The summed E-state index contributed by atoms with van der Waals surface area (Å²) in [5.74, 6) is -1.21. The van der Waals surface area contributed by atoms with Gasteiger partial charge < -0.3 is 34.5 Å². The maximum Gasteiger partial charge on any atom is 0.293 e. The van der Waals surface area contributed by atoms with Crippen molar-refractivity contribution >= 4 is 75.2 Å². The summed E-state index contributed by atoms with van der Waals surface area (Å²) < 4.78 is 13.9. The lowest BCUT2D eigenvalue weighted by atomic mass is 9.87. The number of aryl methyl sites for hydroxylation is 1. The summed E-state index contributed by atoms with van der Waals surface area (Å²) in [6.07, 6.45) is 5.82. The van der Waals surface area contributed by atoms with Gasteiger partial charge in [0.2, 0.25) is 17.8 Å². The molecule has 1 atom stereocenters. The van der Waals surface area contributed by atoms with Gasteiger partial charge in [0.1, 0.15) is 11.1 Å². The van der Waals surface area contributed by atoms with Gasteiger partial charge in [-0.3, -0.25) is 43.9 Å². The highest BCUT2D eigenvalue weighted by molar-refractivity contribution is 6.33. The van der Waals surface area contributed by atoms with Crippen LogP contribution in [0.1, 0.15) is 84.7 Å². The van der Waals surface area contributed by atoms with Gasteiger partial charge in [0.25, 0.3) is 23.3 Å². The van der Waals surface area contributed by atoms with Crippen molar-refractivity contribution < 1.29 is 33.4 Å². The number of carbonyl (C=O) groups is 5. The Morgan fingerprint density at radius 3 is 2.38 bits per heavy atom. The fourth-order valence-electron chi connectivity index (χ4n) is 9.68. The predicted molar refractivity (Wildman–Crippen MR) is 243 cm³/mol. The molecule has 65 heavy (non-hydrogen) atoms. The molecule has 3 saturated heterocycles. The highest BCUT2D eigenvalue weighted by Crippen LogP contribution is 2.36. The van der Waals surface area contributed by atoms with Gasteiger partial charge in [-0.25, -0.2) is 4.98 Å². The van der Waals surface area contributed by atoms with Crippen LogP contribution in [-0.4, -0.2) is 131 Å². The number of rotatable bonds is 12. The first-order valence-corrected chi connectivity index (χ1v) is 22.7. The maximum atomic E-state index is 13.5. The molecule has 6 heterocycles. The number of carbonyl (C=O) groups excluding carboxylic acids is 5. The maximum absolute atomic E-state index is 13.5. The third-order valence-corrected chi connectivity index (χ3v) is 13.5. The SMILES string of the molecule is CNC(=O)COc1cc2cc(Nc3nc(N4CCC(O[C@H]5C[C@H](N6CCN(c7cc(C)c8c(c7)C(=O)N(C7CCC(=O)NC7=O)C8=O)CC6)C5)CC4)ncc3Cl)ccc2n(C(C)C)c1=O. The third-order valence-electron chi connectivity index (χ3n) is 13.3. The number of aromatic nitrogens is 3. The highest BCUT2D eigenvalue weighted by Gasteiger charge is 2.46. The van der Waals surface area contributed by atoms with Gasteiger partial charge in [-0.05, 0) is 94.8 Å². The van der Waals surface area contributed by atoms with E-state index >= 15 is 0 Å². The summed E-state index contributed by atoms with van der Waals surface area (Å²) in [6.45, 7) is 10.2. The van der Waals surface area contributed by atoms with E-state index in [9.17, 15) is 28.8 Å². The molecule has 1 aliphatic carbocycles. The Bertz CT molecular complexity index is 2630. The van der Waals surface area contributed by atoms with E-state index in [0.717, 1.165) is 86.4 Å². The number of pyridine rings is 1. The van der Waals surface area contributed by atoms with Crippen LogP contribution >= 0.6 is 11.6 Å². The van der Waals surface area contributed by atoms with Crippen LogP contribution in [0.3, 0.4) is 0 Å². The molecule has 2 aromatic heterocycles. The van der Waals surface area contributed by atoms with Gasteiger partial charge in [0.15, 0.2) is 18.2 Å². The van der Waals surface area contributed by atoms with Crippen molar-refractivity contribution in [2.75, 3.05) is 68.0 Å². The van der Waals surface area contributed by atoms with Crippen LogP contribution in [0.25, 0.3) is 10.9 Å². The molecule has 4 fully saturated rings. The number of nitrogens with zero attached hydrogens (tertiary/aromatic N) is 7. The summed E-state index contributed by atoms with van der Waals surface area (Å²) in [7, 11) is 1.51. The molecule has 2 aromatic carbocycles. The predicted octanol–water partition coefficient (Wildman–Crippen LogP) is 3.94. The smallest absolute Gasteiger partial charge is 0.293 e. The van der Waals surface area contributed by atoms with Crippen LogP contribution in [0.4, 0.5) is 23.1 Å². The van der Waals surface area contributed by atoms with Gasteiger partial charge in [0.05, 0.1) is 35.0 Å². The molecule has 9 rings (SSSR count). The quantitative estimate of drug-likeness (QED) is 0.173. The first-order valence-electron chi connectivity index (χ1n) is 22.3. The van der Waals surface area contributed by atoms with Gasteiger partial charge in [0, 0.05) is 81.6 Å². The molecule has 4 aliphatic heterocycles. The summed E-state index contributed by atoms with van der Waals surface area (Å²) in [5, 5.41) is 9.19. The zero-order chi connectivity index (χ0) is 45.7. The van der Waals surface area contributed by atoms with Crippen LogP contribution in [0.5, 0.6) is 5.75 Å². The van der Waals surface area contributed by atoms with Gasteiger partial charge >= 0.3 is 0 Å². The van der Waals surface area contributed by atoms with Crippen LogP contribution in [0, 0.1) is 6.92 Å². The van der Waals surface area contributed by atoms with Crippen molar-refractivity contribution in [3.05, 3.63) is 74.7 Å². The van der Waals surface area contributed by atoms with Crippen LogP contribution in [-0.2, 0) is 19.1 Å². The molecule has 19 heteroatoms. The fourth-order valence-corrected chi connectivity index (χ4v) is 9.82. The van der Waals surface area contributed by atoms with Gasteiger partial charge in [-0.2, -0.15) is 4.98 Å². The van der Waals surface area contributed by atoms with Crippen molar-refractivity contribution in [1.82, 2.24) is 35.0 Å². The second kappa shape index (κ2) is 18.0. The molecule has 1 unspecified atom stereocenters. The number of ether oxygens (including phenoxy) is 2. The van der Waals surface area contributed by atoms with E-state index < -0.39 is 29.7 Å². The van der Waals surface area contributed by atoms with Crippen molar-refractivity contribution in [2.45, 2.75) is 89.6 Å². The molecule has 5 amide bonds. The molecule has 342 valence electrons. The Labute approximate surface area is 380 Å². The Hall–Kier alpha value is -6.11. The molecular weight excluding hydrogens is 856 g/mol. The second-order valence-electron chi connectivity index (χ2n) is 17.7. The number of likely N-dealkylation sites (N-methyl/N-ethyl adjacent to an activating group) is 1. The third kappa shape index (κ3) is 8.73. The van der Waals surface area contributed by atoms with Crippen molar-refractivity contribution in [3.8, 4) is 5.75 Å². The number of fused-ring (bicyclic) bond motifs is 2. The number of anilines is 4. The number of piperidine rings is 2. The number of halogens is 1. The summed E-state index contributed by atoms with van der Waals surface area (Å²) in [5.41, 5.74) is 3.35. The zero-order valence-corrected chi connectivity index (χ0v) is 37.7. The normalized spacial score (nSPS) is 21.8. The van der Waals surface area contributed by atoms with E-state index in [1.54, 1.807) is 22.9 Å². The number of imide groups is 2. The molecule has 0 spiro atoms. The zero-order valence-electron chi connectivity index (χ0n) is 36.9. The minimum absolute atomic E-state index is 0.0827. The number of amides is 5. The second-order valence-corrected chi connectivity index (χ2v) is 18.1. The van der Waals surface area contributed by atoms with Crippen LogP contribution in [0.15, 0.2) is 47.4 Å². The Kier molecular flexibility index (Phi) is 12.2. The molecule has 4 aromatic rings. The number of piperazine rings is 1. The molecular formula is C46H53ClN10O8. The number of hydrogen-bond donors (Lipinski definition) is 3. The van der Waals surface area contributed by atoms with Crippen molar-refractivity contribution in [1.29, 1.82) is 0 Å². The van der Waals surface area contributed by atoms with Crippen molar-refractivity contribution in [2.24, 2.45) is 0 Å². The summed E-state index contributed by atoms with van der Waals surface area (Å²) >= 11 is 6.60. The van der Waals surface area contributed by atoms with E-state index in [1.165, 1.54) is 7.05 Å². The molecule has 0 radical (unpaired) electrons. The average Bonchev–Trinajstić information content (AvgIpc) is 3.53. The lowest BCUT2D eigenvalue weighted by molar-refractivity contribution is -0.136. The molecule has 1 saturated carbocycles. The number of benzene rings is 2. The Morgan fingerprint density at radius 2 is 1.68 bits per heavy atom. The summed E-state index contributed by atoms with van der Waals surface area (Å²) in [6, 6.07) is 10.3. The van der Waals surface area contributed by atoms with E-state index in [0.29, 0.717) is 45.2 Å². The Morgan fingerprint density at radius 1 is 0.923 bits per heavy atom. The minimum atomic E-state index is -0.989. The fraction of sp³-hybridized carbons (Fsp3) is 0.478. The van der Waals surface area contributed by atoms with Crippen LogP contribution in [0.2, 0.25) is 5.02 Å². The van der Waals surface area contributed by atoms with Crippen molar-refractivity contribution in [3.63, 3.8) is 0 Å².